The Morgan fingerprint density at radius 1 is 1.33 bits per heavy atom. The molecule has 0 saturated carbocycles. The zero-order valence-electron chi connectivity index (χ0n) is 15.2. The predicted molar refractivity (Wildman–Crippen MR) is 103 cm³/mol. The fraction of sp³-hybridized carbons (Fsp3) is 0.350. The van der Waals surface area contributed by atoms with Crippen molar-refractivity contribution in [2.45, 2.75) is 38.8 Å². The lowest BCUT2D eigenvalue weighted by atomic mass is 10.0. The van der Waals surface area contributed by atoms with Crippen LogP contribution in [0.25, 0.3) is 6.08 Å². The molecule has 0 bridgehead atoms. The number of rotatable bonds is 5. The number of piperidine rings is 1. The number of likely N-dealkylation sites (tertiary alicyclic amines) is 1. The smallest absolute Gasteiger partial charge is 0.247 e. The molecule has 1 atom stereocenters. The summed E-state index contributed by atoms with van der Waals surface area (Å²) < 4.78 is 5.00. The van der Waals surface area contributed by atoms with Crippen LogP contribution in [0.1, 0.15) is 36.3 Å². The monoisotopic (exact) mass is 387 g/mol. The highest BCUT2D eigenvalue weighted by molar-refractivity contribution is 6.30. The zero-order valence-corrected chi connectivity index (χ0v) is 15.9. The Morgan fingerprint density at radius 3 is 2.81 bits per heavy atom. The quantitative estimate of drug-likeness (QED) is 0.798. The number of aromatic nitrogens is 1. The summed E-state index contributed by atoms with van der Waals surface area (Å²) >= 11 is 5.87. The van der Waals surface area contributed by atoms with Gasteiger partial charge < -0.3 is 14.7 Å². The normalized spacial score (nSPS) is 17.3. The van der Waals surface area contributed by atoms with E-state index in [0.29, 0.717) is 29.4 Å². The van der Waals surface area contributed by atoms with E-state index in [9.17, 15) is 9.59 Å². The van der Waals surface area contributed by atoms with Crippen molar-refractivity contribution in [3.05, 3.63) is 58.4 Å². The highest BCUT2D eigenvalue weighted by atomic mass is 35.5. The second-order valence-electron chi connectivity index (χ2n) is 6.57. The van der Waals surface area contributed by atoms with Crippen LogP contribution in [0.5, 0.6) is 0 Å². The lowest BCUT2D eigenvalue weighted by molar-refractivity contribution is -0.138. The van der Waals surface area contributed by atoms with Gasteiger partial charge in [0.2, 0.25) is 11.8 Å². The first kappa shape index (κ1) is 19.2. The van der Waals surface area contributed by atoms with Crippen LogP contribution in [0.2, 0.25) is 5.02 Å². The van der Waals surface area contributed by atoms with Crippen molar-refractivity contribution in [1.82, 2.24) is 15.4 Å². The molecule has 1 N–H and O–H groups in total. The van der Waals surface area contributed by atoms with E-state index >= 15 is 0 Å². The Balaban J connectivity index is 1.62. The third-order valence-corrected chi connectivity index (χ3v) is 4.75. The van der Waals surface area contributed by atoms with Crippen molar-refractivity contribution in [2.75, 3.05) is 6.54 Å². The molecule has 2 heterocycles. The molecule has 0 spiro atoms. The average Bonchev–Trinajstić information content (AvgIpc) is 3.10. The third-order valence-electron chi connectivity index (χ3n) is 4.50. The SMILES string of the molecule is Cc1cc(CNC(=O)C2CCCCN2C(=O)/C=C/c2ccc(Cl)cc2)no1. The Labute approximate surface area is 163 Å². The second-order valence-corrected chi connectivity index (χ2v) is 7.01. The summed E-state index contributed by atoms with van der Waals surface area (Å²) in [5, 5.41) is 7.36. The maximum absolute atomic E-state index is 12.6. The molecule has 1 saturated heterocycles. The molecule has 2 aromatic rings. The summed E-state index contributed by atoms with van der Waals surface area (Å²) in [6.45, 7) is 2.66. The number of hydrogen-bond acceptors (Lipinski definition) is 4. The number of hydrogen-bond donors (Lipinski definition) is 1. The van der Waals surface area contributed by atoms with Crippen molar-refractivity contribution >= 4 is 29.5 Å². The lowest BCUT2D eigenvalue weighted by Gasteiger charge is -2.34. The van der Waals surface area contributed by atoms with E-state index in [4.69, 9.17) is 16.1 Å². The van der Waals surface area contributed by atoms with Crippen molar-refractivity contribution in [2.24, 2.45) is 0 Å². The van der Waals surface area contributed by atoms with Crippen LogP contribution < -0.4 is 5.32 Å². The molecule has 27 heavy (non-hydrogen) atoms. The molecule has 1 aliphatic heterocycles. The molecular weight excluding hydrogens is 366 g/mol. The Bertz CT molecular complexity index is 829. The van der Waals surface area contributed by atoms with Crippen molar-refractivity contribution in [3.8, 4) is 0 Å². The summed E-state index contributed by atoms with van der Waals surface area (Å²) in [7, 11) is 0. The molecule has 1 unspecified atom stereocenters. The van der Waals surface area contributed by atoms with Gasteiger partial charge in [0.25, 0.3) is 0 Å². The van der Waals surface area contributed by atoms with Gasteiger partial charge in [-0.2, -0.15) is 0 Å². The predicted octanol–water partition coefficient (Wildman–Crippen LogP) is 3.35. The van der Waals surface area contributed by atoms with E-state index in [1.54, 1.807) is 36.1 Å². The van der Waals surface area contributed by atoms with Crippen LogP contribution in [-0.4, -0.2) is 34.5 Å². The molecule has 0 radical (unpaired) electrons. The van der Waals surface area contributed by atoms with Gasteiger partial charge in [-0.3, -0.25) is 9.59 Å². The van der Waals surface area contributed by atoms with Crippen molar-refractivity contribution < 1.29 is 14.1 Å². The van der Waals surface area contributed by atoms with Crippen molar-refractivity contribution in [1.29, 1.82) is 0 Å². The Kier molecular flexibility index (Phi) is 6.29. The third kappa shape index (κ3) is 5.20. The average molecular weight is 388 g/mol. The second kappa shape index (κ2) is 8.86. The molecule has 0 aliphatic carbocycles. The summed E-state index contributed by atoms with van der Waals surface area (Å²) in [6, 6.07) is 8.54. The summed E-state index contributed by atoms with van der Waals surface area (Å²) in [6.07, 6.45) is 5.72. The van der Waals surface area contributed by atoms with Gasteiger partial charge in [0, 0.05) is 23.7 Å². The standard InChI is InChI=1S/C20H22ClN3O3/c1-14-12-17(23-27-14)13-22-20(26)18-4-2-3-11-24(18)19(25)10-7-15-5-8-16(21)9-6-15/h5-10,12,18H,2-4,11,13H2,1H3,(H,22,26)/b10-7+. The summed E-state index contributed by atoms with van der Waals surface area (Å²) in [5.41, 5.74) is 1.55. The molecule has 3 rings (SSSR count). The highest BCUT2D eigenvalue weighted by Gasteiger charge is 2.31. The van der Waals surface area contributed by atoms with E-state index in [0.717, 1.165) is 18.4 Å². The zero-order chi connectivity index (χ0) is 19.2. The molecule has 1 aromatic carbocycles. The first-order chi connectivity index (χ1) is 13.0. The van der Waals surface area contributed by atoms with E-state index in [1.165, 1.54) is 6.08 Å². The maximum Gasteiger partial charge on any atom is 0.247 e. The number of aryl methyl sites for hydroxylation is 1. The van der Waals surface area contributed by atoms with E-state index in [2.05, 4.69) is 10.5 Å². The number of amides is 2. The minimum Gasteiger partial charge on any atom is -0.361 e. The van der Waals surface area contributed by atoms with Crippen LogP contribution >= 0.6 is 11.6 Å². The van der Waals surface area contributed by atoms with Gasteiger partial charge in [0.05, 0.1) is 6.54 Å². The van der Waals surface area contributed by atoms with Gasteiger partial charge in [0.1, 0.15) is 17.5 Å². The van der Waals surface area contributed by atoms with Gasteiger partial charge in [-0.1, -0.05) is 28.9 Å². The van der Waals surface area contributed by atoms with Gasteiger partial charge in [0.15, 0.2) is 0 Å². The topological polar surface area (TPSA) is 75.4 Å². The fourth-order valence-electron chi connectivity index (χ4n) is 3.10. The molecule has 142 valence electrons. The highest BCUT2D eigenvalue weighted by Crippen LogP contribution is 2.19. The van der Waals surface area contributed by atoms with Crippen LogP contribution in [0.3, 0.4) is 0 Å². The summed E-state index contributed by atoms with van der Waals surface area (Å²) in [4.78, 5) is 26.9. The van der Waals surface area contributed by atoms with Crippen LogP contribution in [0, 0.1) is 6.92 Å². The van der Waals surface area contributed by atoms with Gasteiger partial charge >= 0.3 is 0 Å². The molecule has 1 aliphatic rings. The number of halogens is 1. The van der Waals surface area contributed by atoms with Gasteiger partial charge in [-0.25, -0.2) is 0 Å². The number of carbonyl (C=O) groups excluding carboxylic acids is 2. The first-order valence-corrected chi connectivity index (χ1v) is 9.35. The van der Waals surface area contributed by atoms with E-state index in [1.807, 2.05) is 12.1 Å². The van der Waals surface area contributed by atoms with Gasteiger partial charge in [-0.15, -0.1) is 0 Å². The first-order valence-electron chi connectivity index (χ1n) is 8.97. The minimum atomic E-state index is -0.464. The largest absolute Gasteiger partial charge is 0.361 e. The van der Waals surface area contributed by atoms with E-state index < -0.39 is 6.04 Å². The van der Waals surface area contributed by atoms with Crippen molar-refractivity contribution in [3.63, 3.8) is 0 Å². The number of benzene rings is 1. The Hall–Kier alpha value is -2.60. The maximum atomic E-state index is 12.6. The van der Waals surface area contributed by atoms with E-state index in [-0.39, 0.29) is 18.4 Å². The molecule has 6 nitrogen and oxygen atoms in total. The van der Waals surface area contributed by atoms with Crippen LogP contribution in [0.4, 0.5) is 0 Å². The summed E-state index contributed by atoms with van der Waals surface area (Å²) in [5.74, 6) is 0.367. The van der Waals surface area contributed by atoms with Gasteiger partial charge in [-0.05, 0) is 50.0 Å². The number of carbonyl (C=O) groups is 2. The molecule has 7 heteroatoms. The van der Waals surface area contributed by atoms with Crippen LogP contribution in [-0.2, 0) is 16.1 Å². The molecule has 1 fully saturated rings. The molecular formula is C20H22ClN3O3. The number of nitrogens with one attached hydrogen (secondary N) is 1. The Morgan fingerprint density at radius 2 is 2.11 bits per heavy atom. The number of nitrogens with zero attached hydrogens (tertiary/aromatic N) is 2. The molecule has 1 aromatic heterocycles. The minimum absolute atomic E-state index is 0.163. The molecule has 2 amide bonds. The lowest BCUT2D eigenvalue weighted by Crippen LogP contribution is -2.51. The fourth-order valence-corrected chi connectivity index (χ4v) is 3.23. The van der Waals surface area contributed by atoms with Crippen LogP contribution in [0.15, 0.2) is 40.9 Å².